The molecule has 1 aliphatic carbocycles. The van der Waals surface area contributed by atoms with Gasteiger partial charge in [0.05, 0.1) is 5.69 Å². The van der Waals surface area contributed by atoms with Gasteiger partial charge in [-0.25, -0.2) is 4.98 Å². The molecule has 3 rings (SSSR count). The summed E-state index contributed by atoms with van der Waals surface area (Å²) in [6.45, 7) is 0. The molecule has 0 amide bonds. The molecule has 94 valence electrons. The summed E-state index contributed by atoms with van der Waals surface area (Å²) in [5.74, 6) is 0. The SMILES string of the molecule is N#Cc1ncccc1NC1CCc2ccccc2C1. The highest BCUT2D eigenvalue weighted by Gasteiger charge is 2.18. The number of nitrogens with zero attached hydrogens (tertiary/aromatic N) is 2. The zero-order valence-corrected chi connectivity index (χ0v) is 10.6. The monoisotopic (exact) mass is 249 g/mol. The van der Waals surface area contributed by atoms with Crippen LogP contribution in [0, 0.1) is 11.3 Å². The fraction of sp³-hybridized carbons (Fsp3) is 0.250. The second-order valence-corrected chi connectivity index (χ2v) is 4.86. The first-order chi connectivity index (χ1) is 9.36. The van der Waals surface area contributed by atoms with Gasteiger partial charge in [-0.1, -0.05) is 24.3 Å². The third-order valence-electron chi connectivity index (χ3n) is 3.62. The first-order valence-corrected chi connectivity index (χ1v) is 6.55. The number of benzene rings is 1. The maximum absolute atomic E-state index is 9.05. The molecule has 3 nitrogen and oxygen atoms in total. The summed E-state index contributed by atoms with van der Waals surface area (Å²) in [5, 5.41) is 12.5. The van der Waals surface area contributed by atoms with Crippen molar-refractivity contribution in [3.63, 3.8) is 0 Å². The molecule has 0 bridgehead atoms. The Balaban J connectivity index is 1.78. The Morgan fingerprint density at radius 2 is 2.00 bits per heavy atom. The van der Waals surface area contributed by atoms with Gasteiger partial charge in [0.15, 0.2) is 5.69 Å². The number of anilines is 1. The summed E-state index contributed by atoms with van der Waals surface area (Å²) in [6, 6.07) is 14.9. The molecule has 1 N–H and O–H groups in total. The molecule has 1 heterocycles. The fourth-order valence-electron chi connectivity index (χ4n) is 2.65. The Hall–Kier alpha value is -2.34. The van der Waals surface area contributed by atoms with E-state index in [4.69, 9.17) is 5.26 Å². The Morgan fingerprint density at radius 1 is 1.16 bits per heavy atom. The normalized spacial score (nSPS) is 17.3. The van der Waals surface area contributed by atoms with Gasteiger partial charge >= 0.3 is 0 Å². The van der Waals surface area contributed by atoms with Crippen molar-refractivity contribution >= 4 is 5.69 Å². The summed E-state index contributed by atoms with van der Waals surface area (Å²) >= 11 is 0. The van der Waals surface area contributed by atoms with Gasteiger partial charge in [0.25, 0.3) is 0 Å². The number of pyridine rings is 1. The van der Waals surface area contributed by atoms with Crippen LogP contribution in [0.25, 0.3) is 0 Å². The summed E-state index contributed by atoms with van der Waals surface area (Å²) in [4.78, 5) is 4.08. The quantitative estimate of drug-likeness (QED) is 0.890. The van der Waals surface area contributed by atoms with Crippen molar-refractivity contribution in [2.45, 2.75) is 25.3 Å². The summed E-state index contributed by atoms with van der Waals surface area (Å²) in [5.41, 5.74) is 4.18. The van der Waals surface area contributed by atoms with Crippen LogP contribution in [-0.4, -0.2) is 11.0 Å². The number of hydrogen-bond donors (Lipinski definition) is 1. The van der Waals surface area contributed by atoms with Gasteiger partial charge in [-0.15, -0.1) is 0 Å². The number of nitrogens with one attached hydrogen (secondary N) is 1. The lowest BCUT2D eigenvalue weighted by Crippen LogP contribution is -2.27. The van der Waals surface area contributed by atoms with E-state index < -0.39 is 0 Å². The molecule has 1 aromatic heterocycles. The van der Waals surface area contributed by atoms with Crippen molar-refractivity contribution in [3.05, 3.63) is 59.4 Å². The number of aryl methyl sites for hydroxylation is 1. The molecule has 0 fully saturated rings. The van der Waals surface area contributed by atoms with Crippen LogP contribution < -0.4 is 5.32 Å². The van der Waals surface area contributed by atoms with Crippen molar-refractivity contribution in [1.29, 1.82) is 5.26 Å². The molecule has 3 heteroatoms. The van der Waals surface area contributed by atoms with Crippen molar-refractivity contribution in [2.75, 3.05) is 5.32 Å². The van der Waals surface area contributed by atoms with E-state index in [2.05, 4.69) is 40.6 Å². The van der Waals surface area contributed by atoms with Crippen molar-refractivity contribution in [2.24, 2.45) is 0 Å². The van der Waals surface area contributed by atoms with Gasteiger partial charge in [-0.05, 0) is 42.5 Å². The van der Waals surface area contributed by atoms with Crippen LogP contribution in [0.4, 0.5) is 5.69 Å². The predicted octanol–water partition coefficient (Wildman–Crippen LogP) is 2.92. The van der Waals surface area contributed by atoms with E-state index in [0.29, 0.717) is 11.7 Å². The van der Waals surface area contributed by atoms with Gasteiger partial charge in [0.1, 0.15) is 6.07 Å². The number of aromatic nitrogens is 1. The van der Waals surface area contributed by atoms with Crippen LogP contribution in [0.2, 0.25) is 0 Å². The highest BCUT2D eigenvalue weighted by molar-refractivity contribution is 5.54. The Kier molecular flexibility index (Phi) is 3.16. The predicted molar refractivity (Wildman–Crippen MR) is 74.8 cm³/mol. The summed E-state index contributed by atoms with van der Waals surface area (Å²) < 4.78 is 0. The molecule has 0 saturated carbocycles. The van der Waals surface area contributed by atoms with Gasteiger partial charge in [0.2, 0.25) is 0 Å². The lowest BCUT2D eigenvalue weighted by atomic mass is 9.88. The van der Waals surface area contributed by atoms with Crippen LogP contribution in [0.5, 0.6) is 0 Å². The molecule has 1 aliphatic rings. The highest BCUT2D eigenvalue weighted by atomic mass is 14.9. The molecule has 0 radical (unpaired) electrons. The lowest BCUT2D eigenvalue weighted by molar-refractivity contribution is 0.610. The second-order valence-electron chi connectivity index (χ2n) is 4.86. The maximum atomic E-state index is 9.05. The molecular weight excluding hydrogens is 234 g/mol. The van der Waals surface area contributed by atoms with E-state index in [1.54, 1.807) is 6.20 Å². The smallest absolute Gasteiger partial charge is 0.163 e. The average molecular weight is 249 g/mol. The van der Waals surface area contributed by atoms with Crippen LogP contribution in [0.15, 0.2) is 42.6 Å². The zero-order chi connectivity index (χ0) is 13.1. The van der Waals surface area contributed by atoms with Crippen LogP contribution >= 0.6 is 0 Å². The Morgan fingerprint density at radius 3 is 2.84 bits per heavy atom. The number of rotatable bonds is 2. The molecule has 0 aliphatic heterocycles. The van der Waals surface area contributed by atoms with Gasteiger partial charge < -0.3 is 5.32 Å². The number of fused-ring (bicyclic) bond motifs is 1. The molecule has 0 saturated heterocycles. The van der Waals surface area contributed by atoms with Crippen molar-refractivity contribution < 1.29 is 0 Å². The molecule has 2 aromatic rings. The van der Waals surface area contributed by atoms with E-state index in [1.165, 1.54) is 11.1 Å². The van der Waals surface area contributed by atoms with Crippen molar-refractivity contribution in [1.82, 2.24) is 4.98 Å². The third-order valence-corrected chi connectivity index (χ3v) is 3.62. The zero-order valence-electron chi connectivity index (χ0n) is 10.6. The minimum atomic E-state index is 0.381. The third kappa shape index (κ3) is 2.43. The Bertz CT molecular complexity index is 628. The first-order valence-electron chi connectivity index (χ1n) is 6.55. The molecule has 0 spiro atoms. The minimum absolute atomic E-state index is 0.381. The topological polar surface area (TPSA) is 48.7 Å². The van der Waals surface area contributed by atoms with E-state index in [0.717, 1.165) is 24.9 Å². The molecule has 1 atom stereocenters. The second kappa shape index (κ2) is 5.11. The number of hydrogen-bond acceptors (Lipinski definition) is 3. The van der Waals surface area contributed by atoms with E-state index >= 15 is 0 Å². The average Bonchev–Trinajstić information content (AvgIpc) is 2.48. The first kappa shape index (κ1) is 11.7. The molecule has 19 heavy (non-hydrogen) atoms. The van der Waals surface area contributed by atoms with Gasteiger partial charge in [-0.3, -0.25) is 0 Å². The largest absolute Gasteiger partial charge is 0.380 e. The van der Waals surface area contributed by atoms with Gasteiger partial charge in [-0.2, -0.15) is 5.26 Å². The molecule has 1 aromatic carbocycles. The highest BCUT2D eigenvalue weighted by Crippen LogP contribution is 2.24. The molecule has 1 unspecified atom stereocenters. The van der Waals surface area contributed by atoms with E-state index in [1.807, 2.05) is 12.1 Å². The fourth-order valence-corrected chi connectivity index (χ4v) is 2.65. The maximum Gasteiger partial charge on any atom is 0.163 e. The standard InChI is InChI=1S/C16H15N3/c17-11-16-15(6-3-9-18-16)19-14-8-7-12-4-1-2-5-13(12)10-14/h1-6,9,14,19H,7-8,10H2. The summed E-state index contributed by atoms with van der Waals surface area (Å²) in [6.07, 6.45) is 4.85. The van der Waals surface area contributed by atoms with Crippen LogP contribution in [-0.2, 0) is 12.8 Å². The van der Waals surface area contributed by atoms with E-state index in [9.17, 15) is 0 Å². The van der Waals surface area contributed by atoms with Gasteiger partial charge in [0, 0.05) is 12.2 Å². The van der Waals surface area contributed by atoms with Crippen molar-refractivity contribution in [3.8, 4) is 6.07 Å². The summed E-state index contributed by atoms with van der Waals surface area (Å²) in [7, 11) is 0. The van der Waals surface area contributed by atoms with Crippen LogP contribution in [0.3, 0.4) is 0 Å². The minimum Gasteiger partial charge on any atom is -0.380 e. The van der Waals surface area contributed by atoms with E-state index in [-0.39, 0.29) is 0 Å². The Labute approximate surface area is 112 Å². The lowest BCUT2D eigenvalue weighted by Gasteiger charge is -2.26. The number of nitriles is 1. The molecular formula is C16H15N3. The van der Waals surface area contributed by atoms with Crippen LogP contribution in [0.1, 0.15) is 23.2 Å².